The van der Waals surface area contributed by atoms with Gasteiger partial charge in [-0.05, 0) is 12.8 Å². The number of hydrogen-bond donors (Lipinski definition) is 2. The number of quaternary nitrogens is 2. The van der Waals surface area contributed by atoms with Gasteiger partial charge in [0.1, 0.15) is 0 Å². The number of halogens is 2. The summed E-state index contributed by atoms with van der Waals surface area (Å²) in [5, 5.41) is 0. The zero-order valence-electron chi connectivity index (χ0n) is 14.2. The van der Waals surface area contributed by atoms with Crippen molar-refractivity contribution in [3.63, 3.8) is 0 Å². The molecule has 1 saturated heterocycles. The Labute approximate surface area is 149 Å². The first-order chi connectivity index (χ1) is 9.57. The van der Waals surface area contributed by atoms with E-state index in [2.05, 4.69) is 13.8 Å². The van der Waals surface area contributed by atoms with E-state index in [9.17, 15) is 8.42 Å². The van der Waals surface area contributed by atoms with Crippen molar-refractivity contribution in [1.29, 1.82) is 0 Å². The first-order valence-corrected chi connectivity index (χ1v) is 10.3. The molecule has 0 aromatic rings. The first-order valence-electron chi connectivity index (χ1n) is 8.45. The van der Waals surface area contributed by atoms with Crippen molar-refractivity contribution in [3.05, 3.63) is 0 Å². The molecule has 2 N–H and O–H groups in total. The molecule has 1 aliphatic heterocycles. The van der Waals surface area contributed by atoms with Gasteiger partial charge in [0.15, 0.2) is 9.84 Å². The van der Waals surface area contributed by atoms with Crippen LogP contribution < -0.4 is 34.6 Å². The molecule has 136 valence electrons. The van der Waals surface area contributed by atoms with Crippen molar-refractivity contribution in [2.45, 2.75) is 46.0 Å². The second-order valence-electron chi connectivity index (χ2n) is 6.21. The zero-order valence-corrected chi connectivity index (χ0v) is 16.5. The van der Waals surface area contributed by atoms with E-state index in [1.807, 2.05) is 0 Å². The van der Waals surface area contributed by atoms with Gasteiger partial charge in [-0.3, -0.25) is 0 Å². The van der Waals surface area contributed by atoms with Crippen LogP contribution in [0.1, 0.15) is 46.0 Å². The summed E-state index contributed by atoms with van der Waals surface area (Å²) < 4.78 is 22.8. The molecule has 0 aliphatic carbocycles. The highest BCUT2D eigenvalue weighted by Gasteiger charge is 2.24. The molecule has 0 amide bonds. The van der Waals surface area contributed by atoms with Crippen molar-refractivity contribution >= 4 is 9.84 Å². The molecule has 0 aromatic heterocycles. The summed E-state index contributed by atoms with van der Waals surface area (Å²) in [4.78, 5) is 3.24. The molecule has 0 unspecified atom stereocenters. The molecule has 1 aliphatic rings. The second kappa shape index (κ2) is 13.8. The van der Waals surface area contributed by atoms with Gasteiger partial charge < -0.3 is 34.6 Å². The van der Waals surface area contributed by atoms with Gasteiger partial charge in [-0.2, -0.15) is 0 Å². The van der Waals surface area contributed by atoms with Gasteiger partial charge in [0.2, 0.25) is 0 Å². The predicted molar refractivity (Wildman–Crippen MR) is 84.2 cm³/mol. The Morgan fingerprint density at radius 2 is 1.32 bits per heavy atom. The predicted octanol–water partition coefficient (Wildman–Crippen LogP) is -6.82. The normalized spacial score (nSPS) is 17.8. The molecular formula is C15H34Cl2N2O2S. The maximum Gasteiger partial charge on any atom is 0.161 e. The van der Waals surface area contributed by atoms with Gasteiger partial charge in [-0.1, -0.05) is 26.7 Å². The van der Waals surface area contributed by atoms with E-state index in [0.29, 0.717) is 11.5 Å². The summed E-state index contributed by atoms with van der Waals surface area (Å²) >= 11 is 0. The smallest absolute Gasteiger partial charge is 0.161 e. The van der Waals surface area contributed by atoms with Crippen LogP contribution in [0.5, 0.6) is 0 Å². The molecule has 1 rings (SSSR count). The second-order valence-corrected chi connectivity index (χ2v) is 8.52. The minimum absolute atomic E-state index is 0. The third-order valence-corrected chi connectivity index (χ3v) is 6.01. The number of rotatable bonds is 10. The molecule has 0 aromatic carbocycles. The highest BCUT2D eigenvalue weighted by Crippen LogP contribution is 1.90. The van der Waals surface area contributed by atoms with Crippen molar-refractivity contribution < 1.29 is 43.0 Å². The van der Waals surface area contributed by atoms with E-state index in [4.69, 9.17) is 0 Å². The fourth-order valence-electron chi connectivity index (χ4n) is 2.89. The lowest BCUT2D eigenvalue weighted by Crippen LogP contribution is -3.16. The quantitative estimate of drug-likeness (QED) is 0.398. The Morgan fingerprint density at radius 3 is 1.77 bits per heavy atom. The van der Waals surface area contributed by atoms with E-state index in [1.54, 1.807) is 4.90 Å². The van der Waals surface area contributed by atoms with Crippen LogP contribution in [-0.2, 0) is 9.84 Å². The number of nitrogens with one attached hydrogen (secondary N) is 2. The van der Waals surface area contributed by atoms with Crippen molar-refractivity contribution in [2.75, 3.05) is 50.8 Å². The van der Waals surface area contributed by atoms with E-state index in [0.717, 1.165) is 19.6 Å². The summed E-state index contributed by atoms with van der Waals surface area (Å²) in [6.07, 6.45) is 6.45. The summed E-state index contributed by atoms with van der Waals surface area (Å²) in [5.74, 6) is 0.787. The van der Waals surface area contributed by atoms with Crippen LogP contribution in [0.4, 0.5) is 0 Å². The van der Waals surface area contributed by atoms with Gasteiger partial charge in [0.25, 0.3) is 0 Å². The lowest BCUT2D eigenvalue weighted by molar-refractivity contribution is -0.918. The van der Waals surface area contributed by atoms with Gasteiger partial charge in [-0.25, -0.2) is 8.42 Å². The van der Waals surface area contributed by atoms with Crippen LogP contribution in [0.2, 0.25) is 0 Å². The Balaban J connectivity index is 0. The van der Waals surface area contributed by atoms with Gasteiger partial charge in [-0.15, -0.1) is 0 Å². The molecule has 4 nitrogen and oxygen atoms in total. The van der Waals surface area contributed by atoms with Crippen LogP contribution in [0, 0.1) is 0 Å². The van der Waals surface area contributed by atoms with Crippen LogP contribution in [0.25, 0.3) is 0 Å². The maximum absolute atomic E-state index is 11.4. The summed E-state index contributed by atoms with van der Waals surface area (Å²) in [6, 6.07) is 0. The number of unbranched alkanes of at least 4 members (excludes halogenated alkanes) is 2. The minimum atomic E-state index is -2.71. The molecule has 0 atom stereocenters. The van der Waals surface area contributed by atoms with Crippen molar-refractivity contribution in [1.82, 2.24) is 0 Å². The SMILES string of the molecule is CCCC[NH+](CCCC)CCC[NH+]1CCS(=O)(=O)CC1.[Cl-].[Cl-]. The van der Waals surface area contributed by atoms with E-state index >= 15 is 0 Å². The monoisotopic (exact) mass is 376 g/mol. The zero-order chi connectivity index (χ0) is 14.8. The largest absolute Gasteiger partial charge is 1.00 e. The Hall–Kier alpha value is 0.450. The van der Waals surface area contributed by atoms with E-state index in [1.165, 1.54) is 56.6 Å². The van der Waals surface area contributed by atoms with Crippen molar-refractivity contribution in [2.24, 2.45) is 0 Å². The molecule has 0 saturated carbocycles. The molecule has 7 heteroatoms. The molecule has 0 bridgehead atoms. The molecule has 1 fully saturated rings. The van der Waals surface area contributed by atoms with Crippen LogP contribution in [-0.4, -0.2) is 59.2 Å². The summed E-state index contributed by atoms with van der Waals surface area (Å²) in [7, 11) is -2.71. The molecule has 0 radical (unpaired) electrons. The van der Waals surface area contributed by atoms with E-state index < -0.39 is 9.84 Å². The lowest BCUT2D eigenvalue weighted by atomic mass is 10.2. The van der Waals surface area contributed by atoms with Crippen LogP contribution in [0.3, 0.4) is 0 Å². The fraction of sp³-hybridized carbons (Fsp3) is 1.00. The van der Waals surface area contributed by atoms with Gasteiger partial charge in [0, 0.05) is 6.42 Å². The molecule has 22 heavy (non-hydrogen) atoms. The lowest BCUT2D eigenvalue weighted by Gasteiger charge is -2.25. The minimum Gasteiger partial charge on any atom is -1.00 e. The fourth-order valence-corrected chi connectivity index (χ4v) is 4.30. The summed E-state index contributed by atoms with van der Waals surface area (Å²) in [5.41, 5.74) is 0. The van der Waals surface area contributed by atoms with Gasteiger partial charge >= 0.3 is 0 Å². The molecular weight excluding hydrogens is 343 g/mol. The third kappa shape index (κ3) is 11.1. The highest BCUT2D eigenvalue weighted by atomic mass is 35.5. The topological polar surface area (TPSA) is 43.0 Å². The van der Waals surface area contributed by atoms with Gasteiger partial charge in [0.05, 0.1) is 50.8 Å². The average molecular weight is 377 g/mol. The Kier molecular flexibility index (Phi) is 15.5. The van der Waals surface area contributed by atoms with Crippen LogP contribution >= 0.6 is 0 Å². The first kappa shape index (κ1) is 24.7. The molecule has 0 spiro atoms. The molecule has 1 heterocycles. The third-order valence-electron chi connectivity index (χ3n) is 4.36. The van der Waals surface area contributed by atoms with Crippen molar-refractivity contribution in [3.8, 4) is 0 Å². The highest BCUT2D eigenvalue weighted by molar-refractivity contribution is 7.91. The Morgan fingerprint density at radius 1 is 0.864 bits per heavy atom. The summed E-state index contributed by atoms with van der Waals surface area (Å²) in [6.45, 7) is 11.2. The Bertz CT molecular complexity index is 331. The standard InChI is InChI=1S/C15H32N2O2S.2ClH/c1-3-5-8-16(9-6-4-2)10-7-11-17-12-14-20(18,19)15-13-17;;/h3-15H2,1-2H3;2*1H. The number of hydrogen-bond acceptors (Lipinski definition) is 2. The average Bonchev–Trinajstić information content (AvgIpc) is 2.43. The maximum atomic E-state index is 11.4. The number of sulfone groups is 1. The van der Waals surface area contributed by atoms with E-state index in [-0.39, 0.29) is 24.8 Å². The van der Waals surface area contributed by atoms with Crippen LogP contribution in [0.15, 0.2) is 0 Å².